The van der Waals surface area contributed by atoms with E-state index in [9.17, 15) is 18.0 Å². The minimum Gasteiger partial charge on any atom is -0.295 e. The summed E-state index contributed by atoms with van der Waals surface area (Å²) in [5.41, 5.74) is 0.0956. The molecule has 0 atom stereocenters. The summed E-state index contributed by atoms with van der Waals surface area (Å²) >= 11 is 0. The number of rotatable bonds is 2. The standard InChI is InChI=1S/C13H13F3N2O/c1-8(2)11-7-12(19)18(17-11)10-5-3-9(4-6-10)13(14,15)16/h3-8,17H,1-2H3. The summed E-state index contributed by atoms with van der Waals surface area (Å²) in [6, 6.07) is 5.90. The third-order valence-electron chi connectivity index (χ3n) is 2.82. The number of benzene rings is 1. The minimum absolute atomic E-state index is 0.142. The van der Waals surface area contributed by atoms with Crippen LogP contribution in [0, 0.1) is 0 Å². The van der Waals surface area contributed by atoms with Crippen LogP contribution < -0.4 is 5.56 Å². The summed E-state index contributed by atoms with van der Waals surface area (Å²) in [7, 11) is 0. The third kappa shape index (κ3) is 2.72. The fourth-order valence-electron chi connectivity index (χ4n) is 1.70. The van der Waals surface area contributed by atoms with Crippen molar-refractivity contribution in [3.8, 4) is 5.69 Å². The smallest absolute Gasteiger partial charge is 0.295 e. The number of hydrogen-bond donors (Lipinski definition) is 1. The molecule has 1 aromatic heterocycles. The maximum Gasteiger partial charge on any atom is 0.416 e. The Morgan fingerprint density at radius 1 is 1.16 bits per heavy atom. The van der Waals surface area contributed by atoms with Gasteiger partial charge in [-0.3, -0.25) is 9.89 Å². The molecule has 0 aliphatic carbocycles. The number of aromatic nitrogens is 2. The monoisotopic (exact) mass is 270 g/mol. The molecule has 0 aliphatic rings. The predicted molar refractivity (Wildman–Crippen MR) is 65.5 cm³/mol. The molecular weight excluding hydrogens is 257 g/mol. The van der Waals surface area contributed by atoms with Gasteiger partial charge in [0.05, 0.1) is 11.3 Å². The molecule has 0 saturated carbocycles. The number of hydrogen-bond acceptors (Lipinski definition) is 1. The Morgan fingerprint density at radius 2 is 1.74 bits per heavy atom. The zero-order valence-electron chi connectivity index (χ0n) is 10.5. The van der Waals surface area contributed by atoms with Gasteiger partial charge in [0, 0.05) is 11.8 Å². The number of nitrogens with zero attached hydrogens (tertiary/aromatic N) is 1. The summed E-state index contributed by atoms with van der Waals surface area (Å²) in [4.78, 5) is 11.7. The lowest BCUT2D eigenvalue weighted by Crippen LogP contribution is -2.14. The Bertz CT molecular complexity index is 621. The molecule has 3 nitrogen and oxygen atoms in total. The highest BCUT2D eigenvalue weighted by Gasteiger charge is 2.30. The molecule has 0 saturated heterocycles. The first-order valence-electron chi connectivity index (χ1n) is 5.78. The van der Waals surface area contributed by atoms with Crippen LogP contribution in [0.1, 0.15) is 31.0 Å². The molecule has 2 aromatic rings. The SMILES string of the molecule is CC(C)c1cc(=O)n(-c2ccc(C(F)(F)F)cc2)[nH]1. The predicted octanol–water partition coefficient (Wildman–Crippen LogP) is 3.31. The second-order valence-electron chi connectivity index (χ2n) is 4.58. The molecule has 0 radical (unpaired) electrons. The molecule has 1 aromatic carbocycles. The molecule has 19 heavy (non-hydrogen) atoms. The first kappa shape index (κ1) is 13.5. The van der Waals surface area contributed by atoms with Gasteiger partial charge in [0.2, 0.25) is 0 Å². The van der Waals surface area contributed by atoms with Gasteiger partial charge >= 0.3 is 6.18 Å². The van der Waals surface area contributed by atoms with Gasteiger partial charge in [0.15, 0.2) is 0 Å². The lowest BCUT2D eigenvalue weighted by Gasteiger charge is -2.08. The van der Waals surface area contributed by atoms with Crippen molar-refractivity contribution in [2.45, 2.75) is 25.9 Å². The average Bonchev–Trinajstić information content (AvgIpc) is 2.70. The average molecular weight is 270 g/mol. The Hall–Kier alpha value is -1.98. The van der Waals surface area contributed by atoms with Gasteiger partial charge in [0.25, 0.3) is 5.56 Å². The zero-order chi connectivity index (χ0) is 14.2. The van der Waals surface area contributed by atoms with Crippen LogP contribution in [0.4, 0.5) is 13.2 Å². The quantitative estimate of drug-likeness (QED) is 0.893. The highest BCUT2D eigenvalue weighted by atomic mass is 19.4. The summed E-state index contributed by atoms with van der Waals surface area (Å²) in [6.45, 7) is 3.84. The van der Waals surface area contributed by atoms with Gasteiger partial charge in [-0.1, -0.05) is 13.8 Å². The van der Waals surface area contributed by atoms with Crippen molar-refractivity contribution in [2.75, 3.05) is 0 Å². The van der Waals surface area contributed by atoms with E-state index in [0.717, 1.165) is 17.8 Å². The van der Waals surface area contributed by atoms with E-state index in [2.05, 4.69) is 5.10 Å². The van der Waals surface area contributed by atoms with Crippen LogP contribution in [0.3, 0.4) is 0 Å². The number of halogens is 3. The van der Waals surface area contributed by atoms with Crippen molar-refractivity contribution in [1.82, 2.24) is 9.78 Å². The van der Waals surface area contributed by atoms with Gasteiger partial charge in [-0.15, -0.1) is 0 Å². The van der Waals surface area contributed by atoms with Crippen molar-refractivity contribution in [2.24, 2.45) is 0 Å². The van der Waals surface area contributed by atoms with Gasteiger partial charge in [0.1, 0.15) is 0 Å². The molecule has 1 N–H and O–H groups in total. The minimum atomic E-state index is -4.37. The molecule has 102 valence electrons. The van der Waals surface area contributed by atoms with E-state index in [4.69, 9.17) is 0 Å². The first-order valence-corrected chi connectivity index (χ1v) is 5.78. The van der Waals surface area contributed by atoms with Crippen molar-refractivity contribution in [1.29, 1.82) is 0 Å². The zero-order valence-corrected chi connectivity index (χ0v) is 10.5. The summed E-state index contributed by atoms with van der Waals surface area (Å²) < 4.78 is 38.5. The normalized spacial score (nSPS) is 12.1. The molecule has 2 rings (SSSR count). The van der Waals surface area contributed by atoms with E-state index < -0.39 is 11.7 Å². The molecule has 0 fully saturated rings. The maximum absolute atomic E-state index is 12.4. The topological polar surface area (TPSA) is 37.8 Å². The fraction of sp³-hybridized carbons (Fsp3) is 0.308. The van der Waals surface area contributed by atoms with Gasteiger partial charge in [-0.2, -0.15) is 13.2 Å². The van der Waals surface area contributed by atoms with Crippen LogP contribution in [0.25, 0.3) is 5.69 Å². The molecule has 0 unspecified atom stereocenters. The van der Waals surface area contributed by atoms with Crippen molar-refractivity contribution < 1.29 is 13.2 Å². The van der Waals surface area contributed by atoms with E-state index in [1.807, 2.05) is 13.8 Å². The largest absolute Gasteiger partial charge is 0.416 e. The summed E-state index contributed by atoms with van der Waals surface area (Å²) in [5.74, 6) is 0.142. The molecule has 0 bridgehead atoms. The van der Waals surface area contributed by atoms with Crippen LogP contribution in [0.5, 0.6) is 0 Å². The fourth-order valence-corrected chi connectivity index (χ4v) is 1.70. The van der Waals surface area contributed by atoms with Crippen LogP contribution in [-0.4, -0.2) is 9.78 Å². The number of H-pyrrole nitrogens is 1. The van der Waals surface area contributed by atoms with E-state index >= 15 is 0 Å². The second-order valence-corrected chi connectivity index (χ2v) is 4.58. The lowest BCUT2D eigenvalue weighted by molar-refractivity contribution is -0.137. The number of alkyl halides is 3. The Labute approximate surface area is 107 Å². The molecule has 0 aliphatic heterocycles. The number of nitrogens with one attached hydrogen (secondary N) is 1. The Kier molecular flexibility index (Phi) is 3.26. The highest BCUT2D eigenvalue weighted by molar-refractivity contribution is 5.35. The van der Waals surface area contributed by atoms with Gasteiger partial charge < -0.3 is 0 Å². The lowest BCUT2D eigenvalue weighted by atomic mass is 10.1. The molecule has 1 heterocycles. The molecular formula is C13H13F3N2O. The second kappa shape index (κ2) is 4.60. The van der Waals surface area contributed by atoms with Crippen molar-refractivity contribution in [3.63, 3.8) is 0 Å². The number of aromatic amines is 1. The van der Waals surface area contributed by atoms with Crippen LogP contribution in [0.15, 0.2) is 35.1 Å². The van der Waals surface area contributed by atoms with E-state index in [0.29, 0.717) is 5.69 Å². The van der Waals surface area contributed by atoms with Gasteiger partial charge in [-0.05, 0) is 30.2 Å². The Morgan fingerprint density at radius 3 is 2.16 bits per heavy atom. The van der Waals surface area contributed by atoms with E-state index in [1.165, 1.54) is 22.9 Å². The summed E-state index contributed by atoms with van der Waals surface area (Å²) in [5, 5.41) is 2.88. The molecule has 0 amide bonds. The highest BCUT2D eigenvalue weighted by Crippen LogP contribution is 2.29. The first-order chi connectivity index (χ1) is 8.79. The van der Waals surface area contributed by atoms with E-state index in [-0.39, 0.29) is 11.5 Å². The third-order valence-corrected chi connectivity index (χ3v) is 2.82. The van der Waals surface area contributed by atoms with Crippen molar-refractivity contribution >= 4 is 0 Å². The van der Waals surface area contributed by atoms with Crippen LogP contribution in [-0.2, 0) is 6.18 Å². The maximum atomic E-state index is 12.4. The van der Waals surface area contributed by atoms with Crippen LogP contribution in [0.2, 0.25) is 0 Å². The van der Waals surface area contributed by atoms with Crippen molar-refractivity contribution in [3.05, 3.63) is 51.9 Å². The molecule has 6 heteroatoms. The van der Waals surface area contributed by atoms with Gasteiger partial charge in [-0.25, -0.2) is 4.68 Å². The molecule has 0 spiro atoms. The summed E-state index contributed by atoms with van der Waals surface area (Å²) in [6.07, 6.45) is -4.37. The van der Waals surface area contributed by atoms with E-state index in [1.54, 1.807) is 0 Å². The Balaban J connectivity index is 2.40. The van der Waals surface area contributed by atoms with Crippen LogP contribution >= 0.6 is 0 Å².